The molecule has 0 saturated heterocycles. The number of hydrazine groups is 2. The molecule has 0 aromatic heterocycles. The van der Waals surface area contributed by atoms with Gasteiger partial charge in [-0.1, -0.05) is 17.7 Å². The lowest BCUT2D eigenvalue weighted by molar-refractivity contribution is -0.0791. The van der Waals surface area contributed by atoms with Crippen LogP contribution < -0.4 is 10.5 Å². The molecule has 0 amide bonds. The van der Waals surface area contributed by atoms with Crippen LogP contribution in [0.15, 0.2) is 36.2 Å². The highest BCUT2D eigenvalue weighted by molar-refractivity contribution is 6.30. The van der Waals surface area contributed by atoms with Gasteiger partial charge in [0, 0.05) is 5.02 Å². The van der Waals surface area contributed by atoms with E-state index in [-0.39, 0.29) is 0 Å². The summed E-state index contributed by atoms with van der Waals surface area (Å²) in [6.45, 7) is 1.88. The summed E-state index contributed by atoms with van der Waals surface area (Å²) in [4.78, 5) is 0. The predicted octanol–water partition coefficient (Wildman–Crippen LogP) is 2.13. The first-order valence-electron chi connectivity index (χ1n) is 4.15. The molecule has 14 heavy (non-hydrogen) atoms. The van der Waals surface area contributed by atoms with E-state index >= 15 is 0 Å². The molecule has 0 unspecified atom stereocenters. The zero-order valence-corrected chi connectivity index (χ0v) is 8.36. The quantitative estimate of drug-likeness (QED) is 0.747. The molecule has 0 atom stereocenters. The molecule has 1 aliphatic heterocycles. The summed E-state index contributed by atoms with van der Waals surface area (Å²) >= 11 is 5.86. The summed E-state index contributed by atoms with van der Waals surface area (Å²) in [5, 5.41) is 12.5. The molecule has 1 aliphatic rings. The number of benzene rings is 1. The lowest BCUT2D eigenvalue weighted by Gasteiger charge is -2.20. The Morgan fingerprint density at radius 2 is 2.21 bits per heavy atom. The summed E-state index contributed by atoms with van der Waals surface area (Å²) in [6, 6.07) is 7.37. The molecule has 0 fully saturated rings. The van der Waals surface area contributed by atoms with Gasteiger partial charge in [-0.15, -0.1) is 5.53 Å². The van der Waals surface area contributed by atoms with Crippen LogP contribution in [-0.4, -0.2) is 10.4 Å². The van der Waals surface area contributed by atoms with E-state index in [0.717, 1.165) is 16.6 Å². The summed E-state index contributed by atoms with van der Waals surface area (Å²) in [6.07, 6.45) is 1.57. The molecule has 0 aliphatic carbocycles. The van der Waals surface area contributed by atoms with Gasteiger partial charge in [-0.05, 0) is 25.1 Å². The molecule has 0 saturated carbocycles. The summed E-state index contributed by atoms with van der Waals surface area (Å²) in [5.74, 6) is 0. The third-order valence-electron chi connectivity index (χ3n) is 1.93. The molecule has 0 spiro atoms. The smallest absolute Gasteiger partial charge is 0.0686 e. The topological polar surface area (TPSA) is 38.7 Å². The van der Waals surface area contributed by atoms with E-state index < -0.39 is 0 Å². The lowest BCUT2D eigenvalue weighted by atomic mass is 10.3. The van der Waals surface area contributed by atoms with Gasteiger partial charge in [-0.25, -0.2) is 0 Å². The highest BCUT2D eigenvalue weighted by atomic mass is 35.5. The van der Waals surface area contributed by atoms with Crippen LogP contribution in [0.3, 0.4) is 0 Å². The van der Waals surface area contributed by atoms with E-state index in [9.17, 15) is 5.21 Å². The second kappa shape index (κ2) is 3.49. The Morgan fingerprint density at radius 1 is 1.43 bits per heavy atom. The van der Waals surface area contributed by atoms with Gasteiger partial charge in [0.15, 0.2) is 0 Å². The van der Waals surface area contributed by atoms with E-state index in [1.165, 1.54) is 0 Å². The Hall–Kier alpha value is -1.23. The average Bonchev–Trinajstić information content (AvgIpc) is 2.45. The summed E-state index contributed by atoms with van der Waals surface area (Å²) in [5.41, 5.74) is 4.48. The number of hydrogen-bond donors (Lipinski definition) is 2. The van der Waals surface area contributed by atoms with Crippen molar-refractivity contribution in [1.29, 1.82) is 0 Å². The fourth-order valence-electron chi connectivity index (χ4n) is 1.32. The van der Waals surface area contributed by atoms with Crippen LogP contribution in [0.5, 0.6) is 0 Å². The van der Waals surface area contributed by atoms with Crippen molar-refractivity contribution in [3.63, 3.8) is 0 Å². The Bertz CT molecular complexity index is 380. The molecular formula is C9H10ClN3O. The van der Waals surface area contributed by atoms with Crippen molar-refractivity contribution in [3.05, 3.63) is 41.2 Å². The van der Waals surface area contributed by atoms with Gasteiger partial charge >= 0.3 is 0 Å². The van der Waals surface area contributed by atoms with Gasteiger partial charge in [0.25, 0.3) is 0 Å². The van der Waals surface area contributed by atoms with Crippen LogP contribution in [0.2, 0.25) is 5.02 Å². The first-order chi connectivity index (χ1) is 6.66. The number of nitrogens with zero attached hydrogens (tertiary/aromatic N) is 2. The van der Waals surface area contributed by atoms with Gasteiger partial charge in [0.05, 0.1) is 17.6 Å². The van der Waals surface area contributed by atoms with Crippen LogP contribution in [0.25, 0.3) is 0 Å². The molecule has 2 N–H and O–H groups in total. The van der Waals surface area contributed by atoms with Gasteiger partial charge < -0.3 is 0 Å². The third kappa shape index (κ3) is 1.68. The largest absolute Gasteiger partial charge is 0.272 e. The maximum Gasteiger partial charge on any atom is 0.0686 e. The molecule has 0 bridgehead atoms. The Balaban J connectivity index is 2.29. The van der Waals surface area contributed by atoms with Gasteiger partial charge in [0.2, 0.25) is 0 Å². The predicted molar refractivity (Wildman–Crippen MR) is 54.4 cm³/mol. The number of nitrogens with one attached hydrogen (secondary N) is 1. The highest BCUT2D eigenvalue weighted by Gasteiger charge is 2.17. The van der Waals surface area contributed by atoms with Crippen LogP contribution in [-0.2, 0) is 0 Å². The van der Waals surface area contributed by atoms with Crippen molar-refractivity contribution >= 4 is 17.3 Å². The fraction of sp³-hybridized carbons (Fsp3) is 0.111. The molecule has 5 heteroatoms. The standard InChI is InChI=1S/C9H10ClN3O/c1-7-6-12(14)11-13(7)9-4-2-3-8(10)5-9/h2-6,11,14H,1H3. The zero-order valence-electron chi connectivity index (χ0n) is 7.61. The summed E-state index contributed by atoms with van der Waals surface area (Å²) < 4.78 is 0. The normalized spacial score (nSPS) is 16.1. The Labute approximate surface area is 86.9 Å². The number of rotatable bonds is 1. The first kappa shape index (κ1) is 9.33. The van der Waals surface area contributed by atoms with E-state index in [2.05, 4.69) is 5.53 Å². The van der Waals surface area contributed by atoms with Crippen molar-refractivity contribution < 1.29 is 5.21 Å². The van der Waals surface area contributed by atoms with Crippen molar-refractivity contribution in [1.82, 2.24) is 10.7 Å². The maximum absolute atomic E-state index is 9.17. The van der Waals surface area contributed by atoms with Gasteiger partial charge in [-0.3, -0.25) is 10.2 Å². The second-order valence-corrected chi connectivity index (χ2v) is 3.47. The van der Waals surface area contributed by atoms with E-state index in [4.69, 9.17) is 11.6 Å². The number of allylic oxidation sites excluding steroid dienone is 1. The third-order valence-corrected chi connectivity index (χ3v) is 2.17. The number of hydrogen-bond acceptors (Lipinski definition) is 4. The lowest BCUT2D eigenvalue weighted by Crippen LogP contribution is -2.38. The maximum atomic E-state index is 9.17. The number of halogens is 1. The molecule has 0 radical (unpaired) electrons. The molecule has 1 aromatic carbocycles. The average molecular weight is 212 g/mol. The van der Waals surface area contributed by atoms with Crippen LogP contribution in [0.1, 0.15) is 6.92 Å². The zero-order chi connectivity index (χ0) is 10.1. The van der Waals surface area contributed by atoms with E-state index in [1.807, 2.05) is 25.1 Å². The van der Waals surface area contributed by atoms with Crippen LogP contribution in [0, 0.1) is 0 Å². The number of anilines is 1. The Kier molecular flexibility index (Phi) is 2.33. The first-order valence-corrected chi connectivity index (χ1v) is 4.53. The van der Waals surface area contributed by atoms with Crippen molar-refractivity contribution in [2.24, 2.45) is 0 Å². The van der Waals surface area contributed by atoms with Crippen molar-refractivity contribution in [2.45, 2.75) is 6.92 Å². The van der Waals surface area contributed by atoms with Crippen molar-refractivity contribution in [2.75, 3.05) is 5.01 Å². The Morgan fingerprint density at radius 3 is 2.79 bits per heavy atom. The minimum atomic E-state index is 0.661. The van der Waals surface area contributed by atoms with Crippen LogP contribution in [0.4, 0.5) is 5.69 Å². The monoisotopic (exact) mass is 211 g/mol. The minimum Gasteiger partial charge on any atom is -0.272 e. The molecule has 4 nitrogen and oxygen atoms in total. The van der Waals surface area contributed by atoms with Crippen molar-refractivity contribution in [3.8, 4) is 0 Å². The van der Waals surface area contributed by atoms with Crippen LogP contribution >= 0.6 is 11.6 Å². The van der Waals surface area contributed by atoms with Gasteiger partial charge in [-0.2, -0.15) is 5.17 Å². The SMILES string of the molecule is CC1=CN(O)NN1c1cccc(Cl)c1. The van der Waals surface area contributed by atoms with E-state index in [0.29, 0.717) is 5.02 Å². The highest BCUT2D eigenvalue weighted by Crippen LogP contribution is 2.23. The van der Waals surface area contributed by atoms with Gasteiger partial charge in [0.1, 0.15) is 0 Å². The molecule has 2 rings (SSSR count). The van der Waals surface area contributed by atoms with E-state index in [1.54, 1.807) is 17.3 Å². The number of hydroxylamine groups is 1. The molecular weight excluding hydrogens is 202 g/mol. The fourth-order valence-corrected chi connectivity index (χ4v) is 1.51. The molecule has 74 valence electrons. The molecule has 1 aromatic rings. The second-order valence-electron chi connectivity index (χ2n) is 3.03. The minimum absolute atomic E-state index is 0.661. The molecule has 1 heterocycles. The summed E-state index contributed by atoms with van der Waals surface area (Å²) in [7, 11) is 0.